The van der Waals surface area contributed by atoms with Gasteiger partial charge in [-0.25, -0.2) is 0 Å². The number of carbonyl (C=O) groups is 1. The Bertz CT molecular complexity index is 750. The lowest BCUT2D eigenvalue weighted by atomic mass is 9.84. The van der Waals surface area contributed by atoms with E-state index >= 15 is 0 Å². The fraction of sp³-hybridized carbons (Fsp3) is 0.773. The number of amides is 1. The van der Waals surface area contributed by atoms with Gasteiger partial charge in [0.2, 0.25) is 5.91 Å². The van der Waals surface area contributed by atoms with Crippen LogP contribution in [0.25, 0.3) is 0 Å². The molecular formula is C22H38N8O. The molecule has 0 radical (unpaired) electrons. The zero-order valence-corrected chi connectivity index (χ0v) is 19.1. The average molecular weight is 431 g/mol. The number of nitrogens with zero attached hydrogens (tertiary/aromatic N) is 6. The number of aromatic nitrogens is 2. The SMILES string of the molecule is CN=C(NCCN1CCN(C(=O)C2CCC2)CC1)NC1CCCN(c2cnn(C)c2)C1. The molecule has 0 bridgehead atoms. The summed E-state index contributed by atoms with van der Waals surface area (Å²) in [5.41, 5.74) is 1.19. The van der Waals surface area contributed by atoms with Gasteiger partial charge in [0.1, 0.15) is 0 Å². The third kappa shape index (κ3) is 5.70. The van der Waals surface area contributed by atoms with Gasteiger partial charge in [0, 0.05) is 84.6 Å². The van der Waals surface area contributed by atoms with Crippen LogP contribution in [0.15, 0.2) is 17.4 Å². The van der Waals surface area contributed by atoms with Gasteiger partial charge in [-0.2, -0.15) is 5.10 Å². The van der Waals surface area contributed by atoms with Crippen molar-refractivity contribution in [3.05, 3.63) is 12.4 Å². The Labute approximate surface area is 185 Å². The molecule has 2 aliphatic heterocycles. The van der Waals surface area contributed by atoms with Gasteiger partial charge in [0.15, 0.2) is 5.96 Å². The highest BCUT2D eigenvalue weighted by molar-refractivity contribution is 5.80. The number of aliphatic imine (C=N–C) groups is 1. The van der Waals surface area contributed by atoms with Gasteiger partial charge in [0.25, 0.3) is 0 Å². The third-order valence-electron chi connectivity index (χ3n) is 6.90. The molecule has 1 atom stereocenters. The number of hydrogen-bond donors (Lipinski definition) is 2. The summed E-state index contributed by atoms with van der Waals surface area (Å²) in [6.07, 6.45) is 9.73. The van der Waals surface area contributed by atoms with E-state index in [2.05, 4.69) is 41.6 Å². The van der Waals surface area contributed by atoms with Gasteiger partial charge in [-0.15, -0.1) is 0 Å². The minimum Gasteiger partial charge on any atom is -0.367 e. The Morgan fingerprint density at radius 2 is 1.97 bits per heavy atom. The van der Waals surface area contributed by atoms with E-state index in [9.17, 15) is 4.79 Å². The van der Waals surface area contributed by atoms with Gasteiger partial charge in [0.05, 0.1) is 11.9 Å². The summed E-state index contributed by atoms with van der Waals surface area (Å²) in [6.45, 7) is 7.54. The normalized spacial score (nSPS) is 23.5. The molecule has 1 amide bonds. The molecule has 3 fully saturated rings. The maximum Gasteiger partial charge on any atom is 0.225 e. The number of carbonyl (C=O) groups excluding carboxylic acids is 1. The van der Waals surface area contributed by atoms with E-state index in [-0.39, 0.29) is 0 Å². The minimum atomic E-state index is 0.316. The van der Waals surface area contributed by atoms with Gasteiger partial charge in [-0.3, -0.25) is 19.4 Å². The van der Waals surface area contributed by atoms with Gasteiger partial charge in [-0.05, 0) is 25.7 Å². The van der Waals surface area contributed by atoms with Crippen LogP contribution in [0.2, 0.25) is 0 Å². The lowest BCUT2D eigenvalue weighted by molar-refractivity contribution is -0.139. The molecule has 9 heteroatoms. The number of hydrogen-bond acceptors (Lipinski definition) is 5. The summed E-state index contributed by atoms with van der Waals surface area (Å²) in [7, 11) is 3.79. The number of piperidine rings is 1. The average Bonchev–Trinajstić information content (AvgIpc) is 3.19. The first-order chi connectivity index (χ1) is 15.1. The van der Waals surface area contributed by atoms with Gasteiger partial charge >= 0.3 is 0 Å². The molecule has 31 heavy (non-hydrogen) atoms. The second kappa shape index (κ2) is 10.3. The Kier molecular flexibility index (Phi) is 7.32. The second-order valence-corrected chi connectivity index (χ2v) is 9.10. The second-order valence-electron chi connectivity index (χ2n) is 9.10. The fourth-order valence-electron chi connectivity index (χ4n) is 4.73. The molecule has 1 aromatic rings. The molecular weight excluding hydrogens is 392 g/mol. The number of piperazine rings is 1. The van der Waals surface area contributed by atoms with Crippen LogP contribution >= 0.6 is 0 Å². The largest absolute Gasteiger partial charge is 0.367 e. The van der Waals surface area contributed by atoms with Crippen molar-refractivity contribution in [2.75, 3.05) is 64.3 Å². The highest BCUT2D eigenvalue weighted by Crippen LogP contribution is 2.28. The molecule has 1 unspecified atom stereocenters. The van der Waals surface area contributed by atoms with Crippen molar-refractivity contribution in [3.8, 4) is 0 Å². The number of nitrogens with one attached hydrogen (secondary N) is 2. The van der Waals surface area contributed by atoms with Crippen LogP contribution in [0, 0.1) is 5.92 Å². The van der Waals surface area contributed by atoms with Crippen LogP contribution in [0.4, 0.5) is 5.69 Å². The summed E-state index contributed by atoms with van der Waals surface area (Å²) in [4.78, 5) is 23.7. The topological polar surface area (TPSA) is 81.0 Å². The first-order valence-electron chi connectivity index (χ1n) is 11.8. The Balaban J connectivity index is 1.15. The number of rotatable bonds is 6. The predicted molar refractivity (Wildman–Crippen MR) is 123 cm³/mol. The van der Waals surface area contributed by atoms with Crippen molar-refractivity contribution in [3.63, 3.8) is 0 Å². The minimum absolute atomic E-state index is 0.316. The van der Waals surface area contributed by atoms with Crippen molar-refractivity contribution in [1.82, 2.24) is 30.2 Å². The summed E-state index contributed by atoms with van der Waals surface area (Å²) in [6, 6.07) is 0.376. The molecule has 4 rings (SSSR count). The number of aryl methyl sites for hydroxylation is 1. The molecule has 3 heterocycles. The Hall–Kier alpha value is -2.29. The van der Waals surface area contributed by atoms with Gasteiger partial charge < -0.3 is 20.4 Å². The Morgan fingerprint density at radius 3 is 2.61 bits per heavy atom. The van der Waals surface area contributed by atoms with Crippen molar-refractivity contribution in [2.45, 2.75) is 38.1 Å². The molecule has 3 aliphatic rings. The molecule has 1 saturated carbocycles. The first-order valence-corrected chi connectivity index (χ1v) is 11.8. The molecule has 172 valence electrons. The summed E-state index contributed by atoms with van der Waals surface area (Å²) in [5.74, 6) is 1.58. The first kappa shape index (κ1) is 21.9. The maximum atomic E-state index is 12.4. The molecule has 1 aromatic heterocycles. The van der Waals surface area contributed by atoms with Crippen molar-refractivity contribution in [2.24, 2.45) is 18.0 Å². The van der Waals surface area contributed by atoms with Crippen molar-refractivity contribution >= 4 is 17.6 Å². The molecule has 2 N–H and O–H groups in total. The van der Waals surface area contributed by atoms with E-state index in [1.54, 1.807) is 0 Å². The quantitative estimate of drug-likeness (QED) is 0.505. The monoisotopic (exact) mass is 430 g/mol. The lowest BCUT2D eigenvalue weighted by Crippen LogP contribution is -2.54. The highest BCUT2D eigenvalue weighted by Gasteiger charge is 2.31. The summed E-state index contributed by atoms with van der Waals surface area (Å²) >= 11 is 0. The predicted octanol–water partition coefficient (Wildman–Crippen LogP) is 0.498. The van der Waals surface area contributed by atoms with Crippen LogP contribution in [0.3, 0.4) is 0 Å². The molecule has 2 saturated heterocycles. The van der Waals surface area contributed by atoms with Crippen LogP contribution in [-0.2, 0) is 11.8 Å². The van der Waals surface area contributed by atoms with E-state index in [1.165, 1.54) is 12.1 Å². The standard InChI is InChI=1S/C22H38N8O/c1-23-22(26-19-7-4-9-30(16-19)20-15-25-27(2)17-20)24-8-10-28-11-13-29(14-12-28)21(31)18-5-3-6-18/h15,17-19H,3-14,16H2,1-2H3,(H2,23,24,26). The van der Waals surface area contributed by atoms with E-state index < -0.39 is 0 Å². The summed E-state index contributed by atoms with van der Waals surface area (Å²) < 4.78 is 1.86. The lowest BCUT2D eigenvalue weighted by Gasteiger charge is -2.38. The maximum absolute atomic E-state index is 12.4. The fourth-order valence-corrected chi connectivity index (χ4v) is 4.73. The summed E-state index contributed by atoms with van der Waals surface area (Å²) in [5, 5.41) is 11.4. The zero-order valence-electron chi connectivity index (χ0n) is 19.1. The van der Waals surface area contributed by atoms with E-state index in [1.807, 2.05) is 25.0 Å². The van der Waals surface area contributed by atoms with Crippen LogP contribution in [0.1, 0.15) is 32.1 Å². The molecule has 0 spiro atoms. The smallest absolute Gasteiger partial charge is 0.225 e. The van der Waals surface area contributed by atoms with E-state index in [0.717, 1.165) is 84.0 Å². The van der Waals surface area contributed by atoms with Crippen molar-refractivity contribution < 1.29 is 4.79 Å². The van der Waals surface area contributed by atoms with E-state index in [4.69, 9.17) is 0 Å². The zero-order chi connectivity index (χ0) is 21.6. The molecule has 9 nitrogen and oxygen atoms in total. The number of anilines is 1. The van der Waals surface area contributed by atoms with Crippen LogP contribution in [-0.4, -0.2) is 96.9 Å². The number of guanidine groups is 1. The third-order valence-corrected chi connectivity index (χ3v) is 6.90. The van der Waals surface area contributed by atoms with Crippen LogP contribution < -0.4 is 15.5 Å². The molecule has 0 aromatic carbocycles. The van der Waals surface area contributed by atoms with Crippen molar-refractivity contribution in [1.29, 1.82) is 0 Å². The van der Waals surface area contributed by atoms with Crippen LogP contribution in [0.5, 0.6) is 0 Å². The van der Waals surface area contributed by atoms with Gasteiger partial charge in [-0.1, -0.05) is 6.42 Å². The molecule has 1 aliphatic carbocycles. The Morgan fingerprint density at radius 1 is 1.16 bits per heavy atom. The van der Waals surface area contributed by atoms with E-state index in [0.29, 0.717) is 17.9 Å². The highest BCUT2D eigenvalue weighted by atomic mass is 16.2.